The second-order valence-corrected chi connectivity index (χ2v) is 3.07. The Labute approximate surface area is 87.4 Å². The molecule has 0 spiro atoms. The van der Waals surface area contributed by atoms with E-state index in [1.54, 1.807) is 0 Å². The van der Waals surface area contributed by atoms with Crippen molar-refractivity contribution in [2.24, 2.45) is 0 Å². The molecule has 0 bridgehead atoms. The van der Waals surface area contributed by atoms with Crippen molar-refractivity contribution in [3.63, 3.8) is 0 Å². The third kappa shape index (κ3) is 2.57. The van der Waals surface area contributed by atoms with Gasteiger partial charge in [-0.2, -0.15) is 13.2 Å². The SMILES string of the molecule is Fc1ccccc1C(F)(Cl)C(F)(F)F.N. The van der Waals surface area contributed by atoms with Crippen LogP contribution in [0.5, 0.6) is 0 Å². The first-order valence-corrected chi connectivity index (χ1v) is 3.84. The largest absolute Gasteiger partial charge is 0.441 e. The minimum absolute atomic E-state index is 0. The Morgan fingerprint density at radius 1 is 1.00 bits per heavy atom. The fraction of sp³-hybridized carbons (Fsp3) is 0.250. The van der Waals surface area contributed by atoms with E-state index in [0.29, 0.717) is 12.1 Å². The molecule has 86 valence electrons. The van der Waals surface area contributed by atoms with Gasteiger partial charge in [-0.25, -0.2) is 8.78 Å². The lowest BCUT2D eigenvalue weighted by Crippen LogP contribution is -2.33. The van der Waals surface area contributed by atoms with Crippen molar-refractivity contribution >= 4 is 11.6 Å². The molecule has 7 heteroatoms. The summed E-state index contributed by atoms with van der Waals surface area (Å²) in [4.78, 5) is 0. The topological polar surface area (TPSA) is 35.0 Å². The number of rotatable bonds is 1. The van der Waals surface area contributed by atoms with Gasteiger partial charge in [-0.3, -0.25) is 0 Å². The number of hydrogen-bond acceptors (Lipinski definition) is 1. The first-order valence-electron chi connectivity index (χ1n) is 3.46. The standard InChI is InChI=1S/C8H4ClF5.H3N/c9-7(11,8(12,13)14)5-3-1-2-4-6(5)10;/h1-4H;1H3. The summed E-state index contributed by atoms with van der Waals surface area (Å²) in [6, 6.07) is 3.57. The molecular weight excluding hydrogens is 241 g/mol. The zero-order valence-corrected chi connectivity index (χ0v) is 8.04. The minimum atomic E-state index is -5.35. The molecule has 0 aliphatic heterocycles. The molecule has 1 nitrogen and oxygen atoms in total. The molecule has 0 aliphatic rings. The summed E-state index contributed by atoms with van der Waals surface area (Å²) in [5.41, 5.74) is -1.23. The highest BCUT2D eigenvalue weighted by Gasteiger charge is 2.57. The molecule has 0 saturated carbocycles. The molecule has 0 amide bonds. The van der Waals surface area contributed by atoms with Gasteiger partial charge in [-0.05, 0) is 6.07 Å². The van der Waals surface area contributed by atoms with Crippen LogP contribution in [0.3, 0.4) is 0 Å². The van der Waals surface area contributed by atoms with Crippen LogP contribution in [-0.4, -0.2) is 6.18 Å². The Hall–Kier alpha value is -0.880. The van der Waals surface area contributed by atoms with Gasteiger partial charge in [0.2, 0.25) is 0 Å². The van der Waals surface area contributed by atoms with E-state index in [2.05, 4.69) is 11.6 Å². The molecule has 0 fully saturated rings. The molecule has 3 N–H and O–H groups in total. The normalized spacial score (nSPS) is 15.3. The van der Waals surface area contributed by atoms with Crippen LogP contribution in [0, 0.1) is 5.82 Å². The van der Waals surface area contributed by atoms with Gasteiger partial charge >= 0.3 is 11.3 Å². The number of hydrogen-bond donors (Lipinski definition) is 1. The van der Waals surface area contributed by atoms with Crippen LogP contribution in [0.2, 0.25) is 0 Å². The van der Waals surface area contributed by atoms with Gasteiger partial charge in [0, 0.05) is 5.56 Å². The Morgan fingerprint density at radius 3 is 1.87 bits per heavy atom. The highest BCUT2D eigenvalue weighted by Crippen LogP contribution is 2.46. The smallest absolute Gasteiger partial charge is 0.344 e. The summed E-state index contributed by atoms with van der Waals surface area (Å²) in [6.07, 6.45) is -5.35. The zero-order chi connectivity index (χ0) is 11.0. The third-order valence-electron chi connectivity index (χ3n) is 1.57. The summed E-state index contributed by atoms with van der Waals surface area (Å²) in [5, 5.41) is -4.18. The van der Waals surface area contributed by atoms with E-state index in [1.165, 1.54) is 0 Å². The number of alkyl halides is 5. The molecule has 0 heterocycles. The summed E-state index contributed by atoms with van der Waals surface area (Å²) in [5.74, 6) is -1.33. The average molecular weight is 248 g/mol. The predicted octanol–water partition coefficient (Wildman–Crippen LogP) is 3.91. The Bertz CT molecular complexity index is 336. The molecular formula is C8H7ClF5N. The summed E-state index contributed by atoms with van der Waals surface area (Å²) >= 11 is 4.61. The van der Waals surface area contributed by atoms with Gasteiger partial charge in [0.15, 0.2) is 0 Å². The lowest BCUT2D eigenvalue weighted by atomic mass is 10.1. The molecule has 0 radical (unpaired) electrons. The third-order valence-corrected chi connectivity index (χ3v) is 1.99. The quantitative estimate of drug-likeness (QED) is 0.593. The lowest BCUT2D eigenvalue weighted by molar-refractivity contribution is -0.202. The molecule has 1 aromatic rings. The summed E-state index contributed by atoms with van der Waals surface area (Å²) < 4.78 is 61.9. The van der Waals surface area contributed by atoms with Gasteiger partial charge in [0.1, 0.15) is 5.82 Å². The van der Waals surface area contributed by atoms with Crippen molar-refractivity contribution in [2.75, 3.05) is 0 Å². The summed E-state index contributed by atoms with van der Waals surface area (Å²) in [7, 11) is 0. The van der Waals surface area contributed by atoms with Crippen LogP contribution in [0.15, 0.2) is 24.3 Å². The van der Waals surface area contributed by atoms with Crippen molar-refractivity contribution in [1.29, 1.82) is 0 Å². The van der Waals surface area contributed by atoms with E-state index in [0.717, 1.165) is 12.1 Å². The van der Waals surface area contributed by atoms with Crippen molar-refractivity contribution in [3.05, 3.63) is 35.6 Å². The van der Waals surface area contributed by atoms with Gasteiger partial charge in [0.05, 0.1) is 0 Å². The zero-order valence-electron chi connectivity index (χ0n) is 7.28. The molecule has 15 heavy (non-hydrogen) atoms. The Balaban J connectivity index is 0.00000196. The lowest BCUT2D eigenvalue weighted by Gasteiger charge is -2.21. The Kier molecular flexibility index (Phi) is 4.07. The van der Waals surface area contributed by atoms with Crippen molar-refractivity contribution in [2.45, 2.75) is 11.3 Å². The predicted molar refractivity (Wildman–Crippen MR) is 46.1 cm³/mol. The summed E-state index contributed by atoms with van der Waals surface area (Å²) in [6.45, 7) is 0. The van der Waals surface area contributed by atoms with Crippen LogP contribution in [0.25, 0.3) is 0 Å². The molecule has 1 unspecified atom stereocenters. The van der Waals surface area contributed by atoms with Crippen LogP contribution in [0.4, 0.5) is 22.0 Å². The van der Waals surface area contributed by atoms with E-state index in [9.17, 15) is 22.0 Å². The maximum absolute atomic E-state index is 13.0. The molecule has 1 aromatic carbocycles. The van der Waals surface area contributed by atoms with E-state index in [-0.39, 0.29) is 6.15 Å². The van der Waals surface area contributed by atoms with E-state index in [1.807, 2.05) is 0 Å². The van der Waals surface area contributed by atoms with Crippen LogP contribution in [-0.2, 0) is 5.13 Å². The van der Waals surface area contributed by atoms with E-state index >= 15 is 0 Å². The maximum Gasteiger partial charge on any atom is 0.441 e. The second-order valence-electron chi connectivity index (χ2n) is 2.55. The van der Waals surface area contributed by atoms with Crippen LogP contribution >= 0.6 is 11.6 Å². The van der Waals surface area contributed by atoms with E-state index < -0.39 is 22.7 Å². The van der Waals surface area contributed by atoms with E-state index in [4.69, 9.17) is 0 Å². The minimum Gasteiger partial charge on any atom is -0.344 e. The van der Waals surface area contributed by atoms with Crippen LogP contribution < -0.4 is 6.15 Å². The highest BCUT2D eigenvalue weighted by molar-refractivity contribution is 6.23. The Morgan fingerprint density at radius 2 is 1.47 bits per heavy atom. The van der Waals surface area contributed by atoms with Crippen molar-refractivity contribution in [3.8, 4) is 0 Å². The first-order chi connectivity index (χ1) is 6.27. The van der Waals surface area contributed by atoms with Crippen LogP contribution in [0.1, 0.15) is 5.56 Å². The van der Waals surface area contributed by atoms with Gasteiger partial charge in [-0.1, -0.05) is 29.8 Å². The average Bonchev–Trinajstić information content (AvgIpc) is 2.02. The molecule has 1 rings (SSSR count). The van der Waals surface area contributed by atoms with Gasteiger partial charge in [0.25, 0.3) is 0 Å². The highest BCUT2D eigenvalue weighted by atomic mass is 35.5. The second kappa shape index (κ2) is 4.32. The molecule has 0 saturated heterocycles. The van der Waals surface area contributed by atoms with Gasteiger partial charge in [-0.15, -0.1) is 0 Å². The maximum atomic E-state index is 13.0. The fourth-order valence-corrected chi connectivity index (χ4v) is 1.02. The molecule has 1 atom stereocenters. The fourth-order valence-electron chi connectivity index (χ4n) is 0.869. The van der Waals surface area contributed by atoms with Crippen molar-refractivity contribution < 1.29 is 22.0 Å². The molecule has 0 aromatic heterocycles. The van der Waals surface area contributed by atoms with Crippen molar-refractivity contribution in [1.82, 2.24) is 6.15 Å². The first kappa shape index (κ1) is 14.1. The number of benzene rings is 1. The molecule has 0 aliphatic carbocycles. The number of halogens is 6. The van der Waals surface area contributed by atoms with Gasteiger partial charge < -0.3 is 6.15 Å². The monoisotopic (exact) mass is 247 g/mol.